The zero-order valence-corrected chi connectivity index (χ0v) is 24.5. The number of hydrogen-bond acceptors (Lipinski definition) is 4. The second kappa shape index (κ2) is 10.1. The second-order valence-electron chi connectivity index (χ2n) is 11.6. The van der Waals surface area contributed by atoms with Crippen LogP contribution in [0.25, 0.3) is 0 Å². The van der Waals surface area contributed by atoms with E-state index in [2.05, 4.69) is 48.6 Å². The van der Waals surface area contributed by atoms with Gasteiger partial charge in [-0.2, -0.15) is 0 Å². The van der Waals surface area contributed by atoms with Gasteiger partial charge in [-0.3, -0.25) is 0 Å². The molecular formula is C23H41N2O3PSSi2. The predicted octanol–water partition coefficient (Wildman–Crippen LogP) is 5.83. The van der Waals surface area contributed by atoms with Crippen LogP contribution < -0.4 is 0 Å². The minimum absolute atomic E-state index is 0.365. The van der Waals surface area contributed by atoms with Crippen LogP contribution in [0.5, 0.6) is 0 Å². The zero-order chi connectivity index (χ0) is 23.7. The van der Waals surface area contributed by atoms with Crippen molar-refractivity contribution in [3.05, 3.63) is 35.9 Å². The third-order valence-electron chi connectivity index (χ3n) is 6.14. The average Bonchev–Trinajstić information content (AvgIpc) is 2.93. The van der Waals surface area contributed by atoms with E-state index in [4.69, 9.17) is 21.1 Å². The Morgan fingerprint density at radius 1 is 1.00 bits per heavy atom. The standard InChI is InChI=1S/C23H41N2O3PSSi2/c1-27-23(26)22(19-13-9-8-10-14-19)28-29(30)24(17-31(2,3)4)20-15-11-12-16-21(20)25(29)18-32(5,6)7/h8-10,13-14,20-22H,11-12,15-18H2,1-7H3/t20-,21-,22+/m1/s1. The number of hydrogen-bond donors (Lipinski definition) is 0. The molecule has 1 aromatic carbocycles. The number of carbonyl (C=O) groups is 1. The van der Waals surface area contributed by atoms with Crippen LogP contribution in [0.15, 0.2) is 30.3 Å². The molecule has 3 rings (SSSR count). The van der Waals surface area contributed by atoms with E-state index in [9.17, 15) is 4.79 Å². The fourth-order valence-electron chi connectivity index (χ4n) is 4.93. The molecule has 1 aromatic rings. The summed E-state index contributed by atoms with van der Waals surface area (Å²) in [6.07, 6.45) is 6.07. The molecule has 1 heterocycles. The monoisotopic (exact) mass is 512 g/mol. The Morgan fingerprint density at radius 3 is 1.88 bits per heavy atom. The van der Waals surface area contributed by atoms with Crippen molar-refractivity contribution in [3.8, 4) is 0 Å². The molecule has 180 valence electrons. The molecule has 1 aliphatic heterocycles. The molecule has 1 aliphatic carbocycles. The highest BCUT2D eigenvalue weighted by molar-refractivity contribution is 8.10. The van der Waals surface area contributed by atoms with Gasteiger partial charge in [0.1, 0.15) is 0 Å². The van der Waals surface area contributed by atoms with Crippen LogP contribution in [0.3, 0.4) is 0 Å². The number of esters is 1. The third-order valence-corrected chi connectivity index (χ3v) is 13.4. The molecule has 32 heavy (non-hydrogen) atoms. The van der Waals surface area contributed by atoms with Crippen LogP contribution >= 0.6 is 6.57 Å². The summed E-state index contributed by atoms with van der Waals surface area (Å²) in [6.45, 7) is 11.8. The van der Waals surface area contributed by atoms with Gasteiger partial charge in [0.2, 0.25) is 6.57 Å². The summed E-state index contributed by atoms with van der Waals surface area (Å²) in [5, 5.41) is 0. The summed E-state index contributed by atoms with van der Waals surface area (Å²) in [7, 11) is -1.50. The SMILES string of the molecule is COC(=O)[C@@H](OP1(=S)N(C[Si](C)(C)C)[C@@H]2CCCC[C@H]2N1C[Si](C)(C)C)c1ccccc1. The zero-order valence-electron chi connectivity index (χ0n) is 20.8. The molecule has 2 fully saturated rings. The van der Waals surface area contributed by atoms with Gasteiger partial charge in [0.05, 0.1) is 23.3 Å². The van der Waals surface area contributed by atoms with E-state index < -0.39 is 28.8 Å². The summed E-state index contributed by atoms with van der Waals surface area (Å²) in [6, 6.07) is 10.6. The van der Waals surface area contributed by atoms with Crippen LogP contribution in [0.4, 0.5) is 0 Å². The molecule has 9 heteroatoms. The van der Waals surface area contributed by atoms with Crippen LogP contribution in [-0.4, -0.2) is 63.0 Å². The number of carbonyl (C=O) groups excluding carboxylic acids is 1. The van der Waals surface area contributed by atoms with Gasteiger partial charge in [0.25, 0.3) is 0 Å². The molecule has 0 bridgehead atoms. The Morgan fingerprint density at radius 2 is 1.47 bits per heavy atom. The van der Waals surface area contributed by atoms with E-state index in [1.54, 1.807) is 0 Å². The van der Waals surface area contributed by atoms with Crippen molar-refractivity contribution in [3.63, 3.8) is 0 Å². The second-order valence-corrected chi connectivity index (χ2v) is 26.2. The van der Waals surface area contributed by atoms with Crippen molar-refractivity contribution in [1.82, 2.24) is 9.34 Å². The summed E-state index contributed by atoms with van der Waals surface area (Å²) in [4.78, 5) is 12.9. The lowest BCUT2D eigenvalue weighted by Gasteiger charge is -2.40. The highest BCUT2D eigenvalue weighted by atomic mass is 32.5. The van der Waals surface area contributed by atoms with Crippen LogP contribution in [0.2, 0.25) is 39.3 Å². The van der Waals surface area contributed by atoms with E-state index in [0.29, 0.717) is 12.1 Å². The minimum Gasteiger partial charge on any atom is -0.467 e. The number of ether oxygens (including phenoxy) is 1. The molecule has 0 unspecified atom stereocenters. The maximum absolute atomic E-state index is 12.9. The van der Waals surface area contributed by atoms with Gasteiger partial charge in [0.15, 0.2) is 6.10 Å². The molecule has 0 aromatic heterocycles. The lowest BCUT2D eigenvalue weighted by atomic mass is 9.90. The lowest BCUT2D eigenvalue weighted by Crippen LogP contribution is -2.46. The van der Waals surface area contributed by atoms with Gasteiger partial charge in [-0.25, -0.2) is 14.1 Å². The quantitative estimate of drug-likeness (QED) is 0.248. The first kappa shape index (κ1) is 26.3. The van der Waals surface area contributed by atoms with E-state index in [1.807, 2.05) is 30.3 Å². The lowest BCUT2D eigenvalue weighted by molar-refractivity contribution is -0.149. The number of methoxy groups -OCH3 is 1. The van der Waals surface area contributed by atoms with Crippen LogP contribution in [0, 0.1) is 0 Å². The predicted molar refractivity (Wildman–Crippen MR) is 143 cm³/mol. The largest absolute Gasteiger partial charge is 0.467 e. The Labute approximate surface area is 202 Å². The average molecular weight is 513 g/mol. The van der Waals surface area contributed by atoms with Gasteiger partial charge < -0.3 is 9.26 Å². The first-order valence-electron chi connectivity index (χ1n) is 11.8. The van der Waals surface area contributed by atoms with Crippen molar-refractivity contribution in [2.45, 2.75) is 83.2 Å². The number of rotatable bonds is 8. The first-order valence-corrected chi connectivity index (χ1v) is 21.9. The molecular weight excluding hydrogens is 471 g/mol. The number of nitrogens with zero attached hydrogens (tertiary/aromatic N) is 2. The molecule has 2 aliphatic rings. The van der Waals surface area contributed by atoms with Crippen molar-refractivity contribution < 1.29 is 14.1 Å². The summed E-state index contributed by atoms with van der Waals surface area (Å²) >= 11 is 6.58. The fraction of sp³-hybridized carbons (Fsp3) is 0.696. The minimum atomic E-state index is -2.61. The maximum Gasteiger partial charge on any atom is 0.340 e. The number of fused-ring (bicyclic) bond motifs is 1. The Balaban J connectivity index is 2.09. The molecule has 0 N–H and O–H groups in total. The first-order chi connectivity index (χ1) is 14.9. The molecule has 0 radical (unpaired) electrons. The summed E-state index contributed by atoms with van der Waals surface area (Å²) in [5.74, 6) is -0.365. The molecule has 0 amide bonds. The van der Waals surface area contributed by atoms with Crippen LogP contribution in [0.1, 0.15) is 37.4 Å². The molecule has 1 saturated carbocycles. The van der Waals surface area contributed by atoms with Crippen molar-refractivity contribution in [2.75, 3.05) is 19.4 Å². The Bertz CT molecular complexity index is 808. The van der Waals surface area contributed by atoms with Gasteiger partial charge in [-0.1, -0.05) is 82.5 Å². The van der Waals surface area contributed by atoms with Crippen molar-refractivity contribution in [2.24, 2.45) is 0 Å². The van der Waals surface area contributed by atoms with Crippen molar-refractivity contribution >= 4 is 40.5 Å². The van der Waals surface area contributed by atoms with E-state index >= 15 is 0 Å². The van der Waals surface area contributed by atoms with Gasteiger partial charge in [-0.15, -0.1) is 0 Å². The van der Waals surface area contributed by atoms with Crippen LogP contribution in [-0.2, 0) is 25.9 Å². The summed E-state index contributed by atoms with van der Waals surface area (Å²) in [5.41, 5.74) is 0.819. The van der Waals surface area contributed by atoms with E-state index in [1.165, 1.54) is 32.8 Å². The molecule has 0 spiro atoms. The van der Waals surface area contributed by atoms with E-state index in [0.717, 1.165) is 17.9 Å². The van der Waals surface area contributed by atoms with Gasteiger partial charge >= 0.3 is 5.97 Å². The topological polar surface area (TPSA) is 42.0 Å². The van der Waals surface area contributed by atoms with E-state index in [-0.39, 0.29) is 5.97 Å². The maximum atomic E-state index is 12.9. The highest BCUT2D eigenvalue weighted by Crippen LogP contribution is 2.67. The smallest absolute Gasteiger partial charge is 0.340 e. The van der Waals surface area contributed by atoms with Gasteiger partial charge in [-0.05, 0) is 30.2 Å². The normalized spacial score (nSPS) is 25.3. The Hall–Kier alpha value is -0.346. The summed E-state index contributed by atoms with van der Waals surface area (Å²) < 4.78 is 17.2. The van der Waals surface area contributed by atoms with Gasteiger partial charge in [0, 0.05) is 24.4 Å². The Kier molecular flexibility index (Phi) is 8.29. The van der Waals surface area contributed by atoms with Crippen molar-refractivity contribution in [1.29, 1.82) is 0 Å². The molecule has 5 nitrogen and oxygen atoms in total. The third kappa shape index (κ3) is 6.01. The molecule has 3 atom stereocenters. The highest BCUT2D eigenvalue weighted by Gasteiger charge is 2.55. The fourth-order valence-corrected chi connectivity index (χ4v) is 15.6. The molecule has 1 saturated heterocycles. The number of benzene rings is 1.